The number of rotatable bonds is 5. The maximum atomic E-state index is 11.8. The van der Waals surface area contributed by atoms with Gasteiger partial charge >= 0.3 is 0 Å². The zero-order valence-electron chi connectivity index (χ0n) is 13.5. The van der Waals surface area contributed by atoms with Crippen molar-refractivity contribution in [2.24, 2.45) is 0 Å². The molecule has 2 heterocycles. The number of aromatic nitrogens is 2. The van der Waals surface area contributed by atoms with Crippen LogP contribution in [0, 0.1) is 6.92 Å². The summed E-state index contributed by atoms with van der Waals surface area (Å²) in [7, 11) is -2.35. The van der Waals surface area contributed by atoms with Gasteiger partial charge in [-0.15, -0.1) is 0 Å². The normalized spacial score (nSPS) is 11.8. The van der Waals surface area contributed by atoms with Crippen molar-refractivity contribution in [1.29, 1.82) is 0 Å². The fourth-order valence-electron chi connectivity index (χ4n) is 2.39. The molecule has 1 aromatic carbocycles. The summed E-state index contributed by atoms with van der Waals surface area (Å²) in [4.78, 5) is 4.39. The zero-order valence-corrected chi connectivity index (χ0v) is 14.3. The molecule has 0 saturated heterocycles. The fraction of sp³-hybridized carbons (Fsp3) is 0.250. The number of benzene rings is 1. The molecule has 3 rings (SSSR count). The Kier molecular flexibility index (Phi) is 4.25. The van der Waals surface area contributed by atoms with Crippen LogP contribution in [0.3, 0.4) is 0 Å². The standard InChI is InChI=1S/C16H17N3O4S/c1-4-11-7-5-6-8-12(11)15-18-16(23-19-15)13-9-14(22-10(13)2)24(20,21)17-3/h5-9,17H,4H2,1-3H3. The van der Waals surface area contributed by atoms with Gasteiger partial charge in [0.2, 0.25) is 10.9 Å². The number of aryl methyl sites for hydroxylation is 2. The first-order valence-electron chi connectivity index (χ1n) is 7.42. The van der Waals surface area contributed by atoms with Crippen molar-refractivity contribution in [3.05, 3.63) is 41.7 Å². The Morgan fingerprint density at radius 3 is 2.67 bits per heavy atom. The van der Waals surface area contributed by atoms with E-state index in [0.717, 1.165) is 17.5 Å². The molecule has 0 radical (unpaired) electrons. The van der Waals surface area contributed by atoms with Crippen molar-refractivity contribution in [3.63, 3.8) is 0 Å². The van der Waals surface area contributed by atoms with Crippen molar-refractivity contribution >= 4 is 10.0 Å². The van der Waals surface area contributed by atoms with Crippen molar-refractivity contribution in [2.75, 3.05) is 7.05 Å². The van der Waals surface area contributed by atoms with E-state index in [1.54, 1.807) is 6.92 Å². The molecule has 2 aromatic heterocycles. The Balaban J connectivity index is 2.03. The van der Waals surface area contributed by atoms with Crippen LogP contribution in [-0.2, 0) is 16.4 Å². The topological polar surface area (TPSA) is 98.2 Å². The van der Waals surface area contributed by atoms with Crippen molar-refractivity contribution in [2.45, 2.75) is 25.4 Å². The van der Waals surface area contributed by atoms with Crippen LogP contribution in [0.5, 0.6) is 0 Å². The first kappa shape index (κ1) is 16.4. The lowest BCUT2D eigenvalue weighted by Gasteiger charge is -2.01. The predicted molar refractivity (Wildman–Crippen MR) is 87.8 cm³/mol. The molecule has 0 aliphatic rings. The highest BCUT2D eigenvalue weighted by Crippen LogP contribution is 2.30. The quantitative estimate of drug-likeness (QED) is 0.762. The molecule has 0 aliphatic carbocycles. The minimum absolute atomic E-state index is 0.189. The predicted octanol–water partition coefficient (Wildman–Crippen LogP) is 2.78. The van der Waals surface area contributed by atoms with Gasteiger partial charge in [0.15, 0.2) is 0 Å². The number of nitrogens with one attached hydrogen (secondary N) is 1. The number of nitrogens with zero attached hydrogens (tertiary/aromatic N) is 2. The van der Waals surface area contributed by atoms with E-state index in [4.69, 9.17) is 8.94 Å². The number of hydrogen-bond acceptors (Lipinski definition) is 6. The summed E-state index contributed by atoms with van der Waals surface area (Å²) in [5.74, 6) is 1.07. The maximum absolute atomic E-state index is 11.8. The van der Waals surface area contributed by atoms with Gasteiger partial charge in [-0.2, -0.15) is 4.98 Å². The molecule has 0 amide bonds. The Hall–Kier alpha value is -2.45. The third-order valence-corrected chi connectivity index (χ3v) is 4.99. The van der Waals surface area contributed by atoms with Gasteiger partial charge in [0, 0.05) is 11.6 Å². The molecule has 8 heteroatoms. The van der Waals surface area contributed by atoms with E-state index in [0.29, 0.717) is 17.1 Å². The molecule has 7 nitrogen and oxygen atoms in total. The van der Waals surface area contributed by atoms with Crippen LogP contribution in [0.4, 0.5) is 0 Å². The van der Waals surface area contributed by atoms with Gasteiger partial charge in [0.1, 0.15) is 5.76 Å². The monoisotopic (exact) mass is 347 g/mol. The zero-order chi connectivity index (χ0) is 17.3. The summed E-state index contributed by atoms with van der Waals surface area (Å²) in [6.07, 6.45) is 0.843. The molecule has 24 heavy (non-hydrogen) atoms. The van der Waals surface area contributed by atoms with Crippen LogP contribution in [0.15, 0.2) is 44.4 Å². The van der Waals surface area contributed by atoms with Crippen molar-refractivity contribution < 1.29 is 17.4 Å². The second-order valence-electron chi connectivity index (χ2n) is 5.18. The average Bonchev–Trinajstić information content (AvgIpc) is 3.21. The second kappa shape index (κ2) is 6.21. The van der Waals surface area contributed by atoms with Crippen molar-refractivity contribution in [3.8, 4) is 22.8 Å². The first-order chi connectivity index (χ1) is 11.5. The highest BCUT2D eigenvalue weighted by molar-refractivity contribution is 7.89. The smallest absolute Gasteiger partial charge is 0.273 e. The Morgan fingerprint density at radius 1 is 1.21 bits per heavy atom. The molecule has 126 valence electrons. The van der Waals surface area contributed by atoms with E-state index in [1.807, 2.05) is 24.3 Å². The molecule has 0 spiro atoms. The number of furan rings is 1. The van der Waals surface area contributed by atoms with Crippen LogP contribution in [0.2, 0.25) is 0 Å². The molecule has 0 saturated carbocycles. The maximum Gasteiger partial charge on any atom is 0.273 e. The van der Waals surface area contributed by atoms with Crippen LogP contribution in [-0.4, -0.2) is 25.6 Å². The minimum Gasteiger partial charge on any atom is -0.448 e. The molecule has 0 aliphatic heterocycles. The Labute approximate surface area is 139 Å². The lowest BCUT2D eigenvalue weighted by Crippen LogP contribution is -2.17. The average molecular weight is 347 g/mol. The van der Waals surface area contributed by atoms with Crippen LogP contribution < -0.4 is 4.72 Å². The van der Waals surface area contributed by atoms with Crippen LogP contribution in [0.1, 0.15) is 18.2 Å². The van der Waals surface area contributed by atoms with Gasteiger partial charge in [-0.25, -0.2) is 13.1 Å². The summed E-state index contributed by atoms with van der Waals surface area (Å²) in [5, 5.41) is 3.82. The third kappa shape index (κ3) is 2.85. The van der Waals surface area contributed by atoms with Crippen LogP contribution >= 0.6 is 0 Å². The van der Waals surface area contributed by atoms with Gasteiger partial charge in [0.05, 0.1) is 5.56 Å². The summed E-state index contributed by atoms with van der Waals surface area (Å²) in [6, 6.07) is 9.17. The van der Waals surface area contributed by atoms with E-state index in [1.165, 1.54) is 13.1 Å². The number of hydrogen-bond donors (Lipinski definition) is 1. The molecule has 0 unspecified atom stereocenters. The lowest BCUT2D eigenvalue weighted by atomic mass is 10.1. The summed E-state index contributed by atoms with van der Waals surface area (Å²) >= 11 is 0. The lowest BCUT2D eigenvalue weighted by molar-refractivity contribution is 0.419. The molecule has 1 N–H and O–H groups in total. The molecule has 3 aromatic rings. The van der Waals surface area contributed by atoms with Gasteiger partial charge in [-0.05, 0) is 26.0 Å². The summed E-state index contributed by atoms with van der Waals surface area (Å²) in [6.45, 7) is 3.70. The second-order valence-corrected chi connectivity index (χ2v) is 6.99. The molecular formula is C16H17N3O4S. The number of sulfonamides is 1. The van der Waals surface area contributed by atoms with Gasteiger partial charge < -0.3 is 8.94 Å². The van der Waals surface area contributed by atoms with E-state index in [-0.39, 0.29) is 11.0 Å². The SMILES string of the molecule is CCc1ccccc1-c1noc(-c2cc(S(=O)(=O)NC)oc2C)n1. The highest BCUT2D eigenvalue weighted by Gasteiger charge is 2.23. The highest BCUT2D eigenvalue weighted by atomic mass is 32.2. The molecule has 0 fully saturated rings. The third-order valence-electron chi connectivity index (χ3n) is 3.72. The first-order valence-corrected chi connectivity index (χ1v) is 8.91. The molecule has 0 bridgehead atoms. The Bertz CT molecular complexity index is 973. The van der Waals surface area contributed by atoms with E-state index < -0.39 is 10.0 Å². The molecule has 0 atom stereocenters. The van der Waals surface area contributed by atoms with E-state index in [9.17, 15) is 8.42 Å². The van der Waals surface area contributed by atoms with E-state index >= 15 is 0 Å². The van der Waals surface area contributed by atoms with Crippen LogP contribution in [0.25, 0.3) is 22.8 Å². The largest absolute Gasteiger partial charge is 0.448 e. The minimum atomic E-state index is -3.67. The van der Waals surface area contributed by atoms with Gasteiger partial charge in [-0.3, -0.25) is 0 Å². The fourth-order valence-corrected chi connectivity index (χ4v) is 3.10. The molecular weight excluding hydrogens is 330 g/mol. The van der Waals surface area contributed by atoms with E-state index in [2.05, 4.69) is 21.8 Å². The Morgan fingerprint density at radius 2 is 1.96 bits per heavy atom. The summed E-state index contributed by atoms with van der Waals surface area (Å²) < 4.78 is 36.5. The van der Waals surface area contributed by atoms with Gasteiger partial charge in [0.25, 0.3) is 15.9 Å². The van der Waals surface area contributed by atoms with Gasteiger partial charge in [-0.1, -0.05) is 36.3 Å². The summed E-state index contributed by atoms with van der Waals surface area (Å²) in [5.41, 5.74) is 2.45. The van der Waals surface area contributed by atoms with Crippen molar-refractivity contribution in [1.82, 2.24) is 14.9 Å².